The monoisotopic (exact) mass is 276 g/mol. The van der Waals surface area contributed by atoms with Crippen LogP contribution in [-0.4, -0.2) is 49.0 Å². The molecule has 0 aliphatic heterocycles. The van der Waals surface area contributed by atoms with Gasteiger partial charge in [-0.2, -0.15) is 24.7 Å². The Bertz CT molecular complexity index is 572. The highest BCUT2D eigenvalue weighted by atomic mass is 16.5. The molecule has 0 spiro atoms. The van der Waals surface area contributed by atoms with Crippen molar-refractivity contribution in [3.63, 3.8) is 0 Å². The van der Waals surface area contributed by atoms with E-state index in [2.05, 4.69) is 30.4 Å². The summed E-state index contributed by atoms with van der Waals surface area (Å²) in [5.41, 5.74) is 5.70. The average molecular weight is 276 g/mol. The largest absolute Gasteiger partial charge is 0.381 e. The van der Waals surface area contributed by atoms with Gasteiger partial charge in [-0.3, -0.25) is 0 Å². The van der Waals surface area contributed by atoms with Crippen LogP contribution in [0, 0.1) is 0 Å². The van der Waals surface area contributed by atoms with Gasteiger partial charge in [0.2, 0.25) is 11.9 Å². The summed E-state index contributed by atoms with van der Waals surface area (Å²) in [6.07, 6.45) is 6.19. The second-order valence-electron chi connectivity index (χ2n) is 4.67. The summed E-state index contributed by atoms with van der Waals surface area (Å²) < 4.78 is 6.79. The molecule has 0 amide bonds. The van der Waals surface area contributed by atoms with Crippen LogP contribution in [0.2, 0.25) is 0 Å². The topological polar surface area (TPSA) is 117 Å². The van der Waals surface area contributed by atoms with Gasteiger partial charge in [-0.15, -0.1) is 0 Å². The van der Waals surface area contributed by atoms with E-state index < -0.39 is 0 Å². The van der Waals surface area contributed by atoms with Gasteiger partial charge in [-0.05, 0) is 19.3 Å². The molecule has 2 aromatic heterocycles. The number of aromatic nitrogens is 6. The van der Waals surface area contributed by atoms with Crippen molar-refractivity contribution in [1.82, 2.24) is 29.7 Å². The zero-order chi connectivity index (χ0) is 13.9. The standard InChI is InChI=1S/C11H16N8O/c1-20-8-3-2-7(4-8)15-10-16-9(12)17-11(18-10)19-6-13-5-14-19/h5-8H,2-4H2,1H3,(H3,12,15,16,17,18). The first kappa shape index (κ1) is 12.7. The van der Waals surface area contributed by atoms with Crippen LogP contribution < -0.4 is 11.1 Å². The van der Waals surface area contributed by atoms with Crippen LogP contribution in [0.15, 0.2) is 12.7 Å². The van der Waals surface area contributed by atoms with Crippen LogP contribution in [-0.2, 0) is 4.74 Å². The molecule has 2 atom stereocenters. The van der Waals surface area contributed by atoms with E-state index in [4.69, 9.17) is 10.5 Å². The third-order valence-electron chi connectivity index (χ3n) is 3.32. The predicted octanol–water partition coefficient (Wildman–Crippen LogP) is 0.0139. The summed E-state index contributed by atoms with van der Waals surface area (Å²) in [5, 5.41) is 7.24. The van der Waals surface area contributed by atoms with Crippen molar-refractivity contribution in [1.29, 1.82) is 0 Å². The summed E-state index contributed by atoms with van der Waals surface area (Å²) in [6.45, 7) is 0. The minimum Gasteiger partial charge on any atom is -0.381 e. The summed E-state index contributed by atoms with van der Waals surface area (Å²) >= 11 is 0. The van der Waals surface area contributed by atoms with Crippen molar-refractivity contribution in [2.45, 2.75) is 31.4 Å². The molecule has 0 aromatic carbocycles. The van der Waals surface area contributed by atoms with E-state index in [1.807, 2.05) is 0 Å². The van der Waals surface area contributed by atoms with Gasteiger partial charge in [0.1, 0.15) is 12.7 Å². The maximum absolute atomic E-state index is 5.70. The van der Waals surface area contributed by atoms with Gasteiger partial charge in [0.05, 0.1) is 6.10 Å². The van der Waals surface area contributed by atoms with E-state index in [1.54, 1.807) is 7.11 Å². The van der Waals surface area contributed by atoms with E-state index in [-0.39, 0.29) is 12.0 Å². The molecule has 1 saturated carbocycles. The Morgan fingerprint density at radius 1 is 1.35 bits per heavy atom. The number of nitrogens with two attached hydrogens (primary N) is 1. The van der Waals surface area contributed by atoms with Gasteiger partial charge >= 0.3 is 0 Å². The molecule has 1 fully saturated rings. The Labute approximate surface area is 115 Å². The maximum atomic E-state index is 5.70. The van der Waals surface area contributed by atoms with E-state index in [9.17, 15) is 0 Å². The fraction of sp³-hybridized carbons (Fsp3) is 0.545. The smallest absolute Gasteiger partial charge is 0.258 e. The van der Waals surface area contributed by atoms with E-state index >= 15 is 0 Å². The first-order chi connectivity index (χ1) is 9.74. The predicted molar refractivity (Wildman–Crippen MR) is 71.2 cm³/mol. The van der Waals surface area contributed by atoms with Crippen LogP contribution in [0.25, 0.3) is 5.95 Å². The first-order valence-corrected chi connectivity index (χ1v) is 6.40. The molecule has 106 valence electrons. The van der Waals surface area contributed by atoms with Crippen molar-refractivity contribution >= 4 is 11.9 Å². The van der Waals surface area contributed by atoms with Gasteiger partial charge in [0.15, 0.2) is 0 Å². The number of rotatable bonds is 4. The SMILES string of the molecule is COC1CCC(Nc2nc(N)nc(-n3cncn3)n2)C1. The van der Waals surface area contributed by atoms with Gasteiger partial charge in [-0.1, -0.05) is 0 Å². The van der Waals surface area contributed by atoms with Gasteiger partial charge in [0, 0.05) is 13.2 Å². The zero-order valence-corrected chi connectivity index (χ0v) is 11.1. The van der Waals surface area contributed by atoms with E-state index in [0.717, 1.165) is 19.3 Å². The molecule has 1 aliphatic rings. The number of anilines is 2. The lowest BCUT2D eigenvalue weighted by molar-refractivity contribution is 0.108. The number of methoxy groups -OCH3 is 1. The highest BCUT2D eigenvalue weighted by Gasteiger charge is 2.25. The number of nitrogens with one attached hydrogen (secondary N) is 1. The van der Waals surface area contributed by atoms with Crippen molar-refractivity contribution in [2.24, 2.45) is 0 Å². The van der Waals surface area contributed by atoms with Gasteiger partial charge < -0.3 is 15.8 Å². The van der Waals surface area contributed by atoms with Crippen molar-refractivity contribution in [2.75, 3.05) is 18.2 Å². The van der Waals surface area contributed by atoms with Gasteiger partial charge in [0.25, 0.3) is 5.95 Å². The number of hydrogen-bond donors (Lipinski definition) is 2. The highest BCUT2D eigenvalue weighted by molar-refractivity contribution is 5.35. The molecular weight excluding hydrogens is 260 g/mol. The number of nitrogens with zero attached hydrogens (tertiary/aromatic N) is 6. The van der Waals surface area contributed by atoms with Gasteiger partial charge in [-0.25, -0.2) is 4.98 Å². The molecule has 2 unspecified atom stereocenters. The molecule has 0 saturated heterocycles. The highest BCUT2D eigenvalue weighted by Crippen LogP contribution is 2.23. The Morgan fingerprint density at radius 2 is 2.25 bits per heavy atom. The van der Waals surface area contributed by atoms with Crippen LogP contribution >= 0.6 is 0 Å². The molecule has 1 aliphatic carbocycles. The average Bonchev–Trinajstić information content (AvgIpc) is 3.09. The third-order valence-corrected chi connectivity index (χ3v) is 3.32. The van der Waals surface area contributed by atoms with E-state index in [1.165, 1.54) is 17.3 Å². The fourth-order valence-electron chi connectivity index (χ4n) is 2.33. The Balaban J connectivity index is 1.77. The Morgan fingerprint density at radius 3 is 2.95 bits per heavy atom. The minimum absolute atomic E-state index is 0.147. The lowest BCUT2D eigenvalue weighted by atomic mass is 10.2. The van der Waals surface area contributed by atoms with Crippen molar-refractivity contribution < 1.29 is 4.74 Å². The fourth-order valence-corrected chi connectivity index (χ4v) is 2.33. The summed E-state index contributed by atoms with van der Waals surface area (Å²) in [5.74, 6) is 0.942. The normalized spacial score (nSPS) is 22.1. The lowest BCUT2D eigenvalue weighted by Crippen LogP contribution is -2.20. The third kappa shape index (κ3) is 2.67. The molecule has 9 heteroatoms. The molecule has 2 heterocycles. The molecule has 0 bridgehead atoms. The number of hydrogen-bond acceptors (Lipinski definition) is 8. The molecule has 0 radical (unpaired) electrons. The zero-order valence-electron chi connectivity index (χ0n) is 11.1. The molecule has 3 rings (SSSR count). The Kier molecular flexibility index (Phi) is 3.42. The Hall–Kier alpha value is -2.29. The second-order valence-corrected chi connectivity index (χ2v) is 4.67. The van der Waals surface area contributed by atoms with Crippen LogP contribution in [0.3, 0.4) is 0 Å². The van der Waals surface area contributed by atoms with Crippen molar-refractivity contribution in [3.8, 4) is 5.95 Å². The minimum atomic E-state index is 0.147. The van der Waals surface area contributed by atoms with Crippen LogP contribution in [0.4, 0.5) is 11.9 Å². The van der Waals surface area contributed by atoms with Crippen molar-refractivity contribution in [3.05, 3.63) is 12.7 Å². The number of ether oxygens (including phenoxy) is 1. The van der Waals surface area contributed by atoms with Crippen LogP contribution in [0.5, 0.6) is 0 Å². The molecular formula is C11H16N8O. The molecule has 3 N–H and O–H groups in total. The van der Waals surface area contributed by atoms with Crippen LogP contribution in [0.1, 0.15) is 19.3 Å². The molecule has 2 aromatic rings. The quantitative estimate of drug-likeness (QED) is 0.802. The number of nitrogen functional groups attached to an aromatic ring is 1. The molecule has 9 nitrogen and oxygen atoms in total. The summed E-state index contributed by atoms with van der Waals surface area (Å²) in [7, 11) is 1.73. The second kappa shape index (κ2) is 5.37. The summed E-state index contributed by atoms with van der Waals surface area (Å²) in [4.78, 5) is 16.3. The first-order valence-electron chi connectivity index (χ1n) is 6.40. The lowest BCUT2D eigenvalue weighted by Gasteiger charge is -2.13. The summed E-state index contributed by atoms with van der Waals surface area (Å²) in [6, 6.07) is 0.283. The van der Waals surface area contributed by atoms with E-state index in [0.29, 0.717) is 18.0 Å². The maximum Gasteiger partial charge on any atom is 0.258 e. The molecule has 20 heavy (non-hydrogen) atoms.